The highest BCUT2D eigenvalue weighted by Gasteiger charge is 2.45. The summed E-state index contributed by atoms with van der Waals surface area (Å²) in [7, 11) is 1.52. The molecule has 2 saturated heterocycles. The van der Waals surface area contributed by atoms with Crippen LogP contribution in [-0.2, 0) is 14.4 Å². The zero-order chi connectivity index (χ0) is 27.6. The van der Waals surface area contributed by atoms with Crippen LogP contribution in [0.2, 0.25) is 0 Å². The molecule has 4 unspecified atom stereocenters. The van der Waals surface area contributed by atoms with Crippen molar-refractivity contribution in [3.05, 3.63) is 40.3 Å². The normalized spacial score (nSPS) is 31.1. The van der Waals surface area contributed by atoms with Gasteiger partial charge >= 0.3 is 5.97 Å². The average Bonchev–Trinajstić information content (AvgIpc) is 3.11. The van der Waals surface area contributed by atoms with E-state index in [0.29, 0.717) is 23.6 Å². The van der Waals surface area contributed by atoms with Crippen molar-refractivity contribution in [3.8, 4) is 0 Å². The minimum atomic E-state index is -1.34. The first kappa shape index (κ1) is 27.4. The second kappa shape index (κ2) is 12.0. The molecule has 9 heteroatoms. The second-order valence-corrected chi connectivity index (χ2v) is 12.4. The van der Waals surface area contributed by atoms with E-state index in [-0.39, 0.29) is 24.9 Å². The molecule has 4 atom stereocenters. The summed E-state index contributed by atoms with van der Waals surface area (Å²) in [5.74, 6) is 0.409. The fourth-order valence-corrected chi connectivity index (χ4v) is 8.39. The molecular weight excluding hydrogens is 508 g/mol. The highest BCUT2D eigenvalue weighted by Crippen LogP contribution is 2.47. The molecule has 4 aliphatic rings. The van der Waals surface area contributed by atoms with Crippen LogP contribution in [0, 0.1) is 11.8 Å². The Morgan fingerprint density at radius 1 is 0.925 bits per heavy atom. The number of oxime groups is 1. The predicted molar refractivity (Wildman–Crippen MR) is 153 cm³/mol. The van der Waals surface area contributed by atoms with E-state index in [9.17, 15) is 14.7 Å². The summed E-state index contributed by atoms with van der Waals surface area (Å²) < 4.78 is 6.79. The summed E-state index contributed by atoms with van der Waals surface area (Å²) in [4.78, 5) is 38.8. The molecule has 0 radical (unpaired) electrons. The van der Waals surface area contributed by atoms with Gasteiger partial charge in [-0.2, -0.15) is 0 Å². The summed E-state index contributed by atoms with van der Waals surface area (Å²) in [5, 5.41) is 13.7. The van der Waals surface area contributed by atoms with Gasteiger partial charge in [0.05, 0.1) is 17.6 Å². The molecule has 9 nitrogen and oxygen atoms in total. The quantitative estimate of drug-likeness (QED) is 0.287. The molecule has 40 heavy (non-hydrogen) atoms. The van der Waals surface area contributed by atoms with Crippen LogP contribution in [0.4, 0.5) is 0 Å². The van der Waals surface area contributed by atoms with E-state index in [2.05, 4.69) is 15.0 Å². The maximum absolute atomic E-state index is 14.1. The predicted octanol–water partition coefficient (Wildman–Crippen LogP) is 4.77. The van der Waals surface area contributed by atoms with Gasteiger partial charge in [-0.25, -0.2) is 9.78 Å². The maximum atomic E-state index is 14.1. The van der Waals surface area contributed by atoms with Crippen LogP contribution in [0.1, 0.15) is 88.8 Å². The Balaban J connectivity index is 1.33. The third-order valence-electron chi connectivity index (χ3n) is 9.90. The number of methoxy groups -OCH3 is 1. The van der Waals surface area contributed by atoms with E-state index in [1.165, 1.54) is 71.3 Å². The molecule has 0 amide bonds. The number of nitrogens with zero attached hydrogens (tertiary/aromatic N) is 4. The molecule has 6 rings (SSSR count). The number of piperidine rings is 2. The van der Waals surface area contributed by atoms with E-state index in [0.717, 1.165) is 30.2 Å². The number of hydrogen-bond acceptors (Lipinski definition) is 7. The lowest BCUT2D eigenvalue weighted by molar-refractivity contribution is -0.129. The van der Waals surface area contributed by atoms with Gasteiger partial charge in [-0.3, -0.25) is 9.69 Å². The lowest BCUT2D eigenvalue weighted by atomic mass is 9.73. The Hall–Kier alpha value is -2.78. The first-order chi connectivity index (χ1) is 19.5. The molecule has 4 bridgehead atoms. The number of aromatic nitrogens is 2. The smallest absolute Gasteiger partial charge is 0.360 e. The summed E-state index contributed by atoms with van der Waals surface area (Å²) in [5.41, 5.74) is 0.291. The van der Waals surface area contributed by atoms with Crippen LogP contribution in [0.5, 0.6) is 0 Å². The number of carbonyl (C=O) groups is 1. The molecule has 1 aromatic carbocycles. The Morgan fingerprint density at radius 3 is 2.30 bits per heavy atom. The SMILES string of the molecule is COCCO/N=C(\C(=O)O)c1nc2ccccc2n(C2CC3CCCC(C2)N3C2CC3CCCCC(C3)C2)c1=O. The van der Waals surface area contributed by atoms with Crippen LogP contribution >= 0.6 is 0 Å². The first-order valence-electron chi connectivity index (χ1n) is 15.2. The third-order valence-corrected chi connectivity index (χ3v) is 9.90. The Bertz CT molecular complexity index is 1280. The second-order valence-electron chi connectivity index (χ2n) is 12.4. The van der Waals surface area contributed by atoms with E-state index >= 15 is 0 Å². The molecule has 2 saturated carbocycles. The van der Waals surface area contributed by atoms with Crippen molar-refractivity contribution >= 4 is 22.7 Å². The van der Waals surface area contributed by atoms with Gasteiger partial charge in [-0.1, -0.05) is 49.4 Å². The van der Waals surface area contributed by atoms with E-state index < -0.39 is 17.2 Å². The van der Waals surface area contributed by atoms with Gasteiger partial charge < -0.3 is 19.2 Å². The summed E-state index contributed by atoms with van der Waals surface area (Å²) in [6.45, 7) is 0.343. The van der Waals surface area contributed by atoms with E-state index in [1.54, 1.807) is 0 Å². The Labute approximate surface area is 235 Å². The Morgan fingerprint density at radius 2 is 1.62 bits per heavy atom. The zero-order valence-corrected chi connectivity index (χ0v) is 23.5. The number of benzene rings is 1. The lowest BCUT2D eigenvalue weighted by Gasteiger charge is -2.54. The van der Waals surface area contributed by atoms with Crippen molar-refractivity contribution in [2.45, 2.75) is 101 Å². The topological polar surface area (TPSA) is 106 Å². The minimum absolute atomic E-state index is 0.0129. The fraction of sp³-hybridized carbons (Fsp3) is 0.677. The number of aliphatic carboxylic acids is 1. The van der Waals surface area contributed by atoms with E-state index in [4.69, 9.17) is 9.57 Å². The van der Waals surface area contributed by atoms with Gasteiger partial charge in [0.2, 0.25) is 5.71 Å². The van der Waals surface area contributed by atoms with Crippen LogP contribution in [0.3, 0.4) is 0 Å². The van der Waals surface area contributed by atoms with Gasteiger partial charge in [0.25, 0.3) is 5.56 Å². The van der Waals surface area contributed by atoms with E-state index in [1.807, 2.05) is 28.8 Å². The maximum Gasteiger partial charge on any atom is 0.360 e. The molecule has 1 N–H and O–H groups in total. The molecular formula is C31H42N4O5. The number of ether oxygens (including phenoxy) is 1. The highest BCUT2D eigenvalue weighted by atomic mass is 16.6. The van der Waals surface area contributed by atoms with Crippen LogP contribution < -0.4 is 5.56 Å². The third kappa shape index (κ3) is 5.42. The summed E-state index contributed by atoms with van der Waals surface area (Å²) in [6.07, 6.45) is 15.0. The van der Waals surface area contributed by atoms with Crippen LogP contribution in [0.25, 0.3) is 11.0 Å². The average molecular weight is 551 g/mol. The molecule has 2 aromatic rings. The Kier molecular flexibility index (Phi) is 8.21. The fourth-order valence-electron chi connectivity index (χ4n) is 8.39. The number of carboxylic acid groups (broad SMARTS) is 1. The molecule has 0 spiro atoms. The van der Waals surface area contributed by atoms with Gasteiger partial charge in [-0.05, 0) is 68.9 Å². The molecule has 1 aromatic heterocycles. The molecule has 216 valence electrons. The van der Waals surface area contributed by atoms with Crippen molar-refractivity contribution < 1.29 is 19.5 Å². The largest absolute Gasteiger partial charge is 0.476 e. The first-order valence-corrected chi connectivity index (χ1v) is 15.2. The zero-order valence-electron chi connectivity index (χ0n) is 23.5. The molecule has 2 aliphatic heterocycles. The summed E-state index contributed by atoms with van der Waals surface area (Å²) in [6, 6.07) is 9.09. The molecule has 2 aliphatic carbocycles. The van der Waals surface area contributed by atoms with Gasteiger partial charge in [0.15, 0.2) is 5.69 Å². The van der Waals surface area contributed by atoms with Crippen LogP contribution in [-0.4, -0.2) is 69.7 Å². The van der Waals surface area contributed by atoms with Gasteiger partial charge in [0, 0.05) is 31.3 Å². The summed E-state index contributed by atoms with van der Waals surface area (Å²) >= 11 is 0. The van der Waals surface area contributed by atoms with Crippen molar-refractivity contribution in [2.75, 3.05) is 20.3 Å². The number of rotatable bonds is 8. The number of fused-ring (bicyclic) bond motifs is 5. The van der Waals surface area contributed by atoms with Crippen LogP contribution in [0.15, 0.2) is 34.2 Å². The van der Waals surface area contributed by atoms with Crippen molar-refractivity contribution in [3.63, 3.8) is 0 Å². The highest BCUT2D eigenvalue weighted by molar-refractivity contribution is 6.41. The number of para-hydroxylation sites is 2. The standard InChI is InChI=1S/C31H42N4O5/c1-39-13-14-40-33-29(31(37)38)28-30(36)35(27-12-5-4-11-26(27)32-28)25-18-22-9-6-10-23(19-25)34(22)24-16-20-7-2-3-8-21(15-20)17-24/h4-5,11-12,20-25H,2-3,6-10,13-19H2,1H3,(H,37,38)/b33-29-. The number of hydrogen-bond donors (Lipinski definition) is 1. The minimum Gasteiger partial charge on any atom is -0.476 e. The number of carboxylic acids is 1. The van der Waals surface area contributed by atoms with Gasteiger partial charge in [-0.15, -0.1) is 0 Å². The van der Waals surface area contributed by atoms with Crippen molar-refractivity contribution in [2.24, 2.45) is 17.0 Å². The monoisotopic (exact) mass is 550 g/mol. The van der Waals surface area contributed by atoms with Crippen molar-refractivity contribution in [1.82, 2.24) is 14.5 Å². The van der Waals surface area contributed by atoms with Crippen molar-refractivity contribution in [1.29, 1.82) is 0 Å². The lowest BCUT2D eigenvalue weighted by Crippen LogP contribution is -2.58. The molecule has 3 heterocycles. The molecule has 4 fully saturated rings. The van der Waals surface area contributed by atoms with Gasteiger partial charge in [0.1, 0.15) is 6.61 Å².